The summed E-state index contributed by atoms with van der Waals surface area (Å²) < 4.78 is 25.8. The Morgan fingerprint density at radius 1 is 1.55 bits per heavy atom. The van der Waals surface area contributed by atoms with Crippen molar-refractivity contribution in [2.45, 2.75) is 25.9 Å². The minimum atomic E-state index is -3.37. The highest BCUT2D eigenvalue weighted by Gasteiger charge is 2.12. The Hall–Kier alpha value is -0.130. The minimum Gasteiger partial charge on any atom is -0.396 e. The first-order chi connectivity index (χ1) is 4.99. The summed E-state index contributed by atoms with van der Waals surface area (Å²) in [6.45, 7) is 1.76. The van der Waals surface area contributed by atoms with Gasteiger partial charge in [0.1, 0.15) is 0 Å². The quantitative estimate of drug-likeness (QED) is 0.613. The maximum atomic E-state index is 10.6. The molecule has 5 heteroatoms. The summed E-state index contributed by atoms with van der Waals surface area (Å²) in [5.41, 5.74) is 0. The lowest BCUT2D eigenvalue weighted by Gasteiger charge is -2.11. The molecule has 0 heterocycles. The van der Waals surface area contributed by atoms with Crippen molar-refractivity contribution in [3.63, 3.8) is 0 Å². The van der Waals surface area contributed by atoms with Crippen LogP contribution in [0.5, 0.6) is 0 Å². The summed E-state index contributed by atoms with van der Waals surface area (Å²) in [7, 11) is -3.37. The molecule has 0 radical (unpaired) electrons. The Morgan fingerprint density at radius 3 is 2.36 bits per heavy atom. The molecule has 11 heavy (non-hydrogen) atoms. The van der Waals surface area contributed by atoms with Crippen molar-refractivity contribution >= 4 is 10.1 Å². The molecule has 68 valence electrons. The first kappa shape index (κ1) is 10.9. The van der Waals surface area contributed by atoms with E-state index in [1.165, 1.54) is 0 Å². The lowest BCUT2D eigenvalue weighted by molar-refractivity contribution is 0.158. The van der Waals surface area contributed by atoms with Gasteiger partial charge in [-0.3, -0.25) is 4.18 Å². The smallest absolute Gasteiger partial charge is 0.264 e. The van der Waals surface area contributed by atoms with Gasteiger partial charge in [-0.2, -0.15) is 8.42 Å². The van der Waals surface area contributed by atoms with E-state index in [1.54, 1.807) is 0 Å². The molecule has 1 atom stereocenters. The van der Waals surface area contributed by atoms with E-state index in [2.05, 4.69) is 4.18 Å². The Kier molecular flexibility index (Phi) is 4.63. The van der Waals surface area contributed by atoms with Crippen LogP contribution in [0.4, 0.5) is 0 Å². The third kappa shape index (κ3) is 6.28. The summed E-state index contributed by atoms with van der Waals surface area (Å²) in [5, 5.41) is 8.49. The highest BCUT2D eigenvalue weighted by molar-refractivity contribution is 7.86. The van der Waals surface area contributed by atoms with Gasteiger partial charge in [0.25, 0.3) is 10.1 Å². The average molecular weight is 182 g/mol. The number of rotatable bonds is 5. The molecule has 0 aliphatic carbocycles. The molecule has 0 rings (SSSR count). The monoisotopic (exact) mass is 182 g/mol. The maximum Gasteiger partial charge on any atom is 0.264 e. The summed E-state index contributed by atoms with van der Waals surface area (Å²) in [6, 6.07) is 0. The molecule has 0 fully saturated rings. The lowest BCUT2D eigenvalue weighted by Crippen LogP contribution is -2.17. The van der Waals surface area contributed by atoms with Crippen LogP contribution in [0.25, 0.3) is 0 Å². The van der Waals surface area contributed by atoms with Crippen LogP contribution in [0, 0.1) is 0 Å². The summed E-state index contributed by atoms with van der Waals surface area (Å²) in [6.07, 6.45) is 1.58. The molecule has 0 spiro atoms. The molecule has 0 aromatic carbocycles. The fraction of sp³-hybridized carbons (Fsp3) is 1.00. The van der Waals surface area contributed by atoms with Crippen molar-refractivity contribution in [2.24, 2.45) is 0 Å². The molecule has 0 aliphatic heterocycles. The fourth-order valence-corrected chi connectivity index (χ4v) is 1.44. The van der Waals surface area contributed by atoms with E-state index in [0.717, 1.165) is 6.26 Å². The van der Waals surface area contributed by atoms with E-state index in [4.69, 9.17) is 5.11 Å². The van der Waals surface area contributed by atoms with Crippen molar-refractivity contribution in [3.05, 3.63) is 0 Å². The second kappa shape index (κ2) is 4.69. The van der Waals surface area contributed by atoms with Crippen molar-refractivity contribution in [3.8, 4) is 0 Å². The highest BCUT2D eigenvalue weighted by Crippen LogP contribution is 2.05. The van der Waals surface area contributed by atoms with Crippen LogP contribution >= 0.6 is 0 Å². The van der Waals surface area contributed by atoms with Crippen LogP contribution in [0.2, 0.25) is 0 Å². The number of hydrogen-bond donors (Lipinski definition) is 1. The highest BCUT2D eigenvalue weighted by atomic mass is 32.2. The molecular formula is C6H14O4S. The number of aliphatic hydroxyl groups excluding tert-OH is 1. The molecule has 0 saturated heterocycles. The van der Waals surface area contributed by atoms with E-state index >= 15 is 0 Å². The number of aliphatic hydroxyl groups is 1. The molecule has 0 amide bonds. The van der Waals surface area contributed by atoms with Gasteiger partial charge in [-0.05, 0) is 12.8 Å². The third-order valence-corrected chi connectivity index (χ3v) is 1.84. The van der Waals surface area contributed by atoms with Crippen LogP contribution in [-0.2, 0) is 14.3 Å². The normalized spacial score (nSPS) is 14.8. The predicted octanol–water partition coefficient (Wildman–Crippen LogP) is 0.124. The Bertz CT molecular complexity index is 185. The summed E-state index contributed by atoms with van der Waals surface area (Å²) in [5.74, 6) is 0. The molecule has 1 N–H and O–H groups in total. The lowest BCUT2D eigenvalue weighted by atomic mass is 10.2. The molecule has 1 unspecified atom stereocenters. The van der Waals surface area contributed by atoms with Crippen LogP contribution in [0.3, 0.4) is 0 Å². The SMILES string of the molecule is CCC(CCO)OS(C)(=O)=O. The van der Waals surface area contributed by atoms with E-state index in [0.29, 0.717) is 12.8 Å². The molecular weight excluding hydrogens is 168 g/mol. The van der Waals surface area contributed by atoms with Crippen LogP contribution in [0.15, 0.2) is 0 Å². The molecule has 0 bridgehead atoms. The second-order valence-corrected chi connectivity index (χ2v) is 3.94. The van der Waals surface area contributed by atoms with Crippen LogP contribution in [0.1, 0.15) is 19.8 Å². The zero-order chi connectivity index (χ0) is 8.91. The summed E-state index contributed by atoms with van der Waals surface area (Å²) in [4.78, 5) is 0. The van der Waals surface area contributed by atoms with Gasteiger partial charge >= 0.3 is 0 Å². The van der Waals surface area contributed by atoms with E-state index < -0.39 is 10.1 Å². The molecule has 4 nitrogen and oxygen atoms in total. The first-order valence-electron chi connectivity index (χ1n) is 3.48. The van der Waals surface area contributed by atoms with Crippen LogP contribution < -0.4 is 0 Å². The zero-order valence-corrected chi connectivity index (χ0v) is 7.60. The Balaban J connectivity index is 3.88. The van der Waals surface area contributed by atoms with Crippen molar-refractivity contribution in [2.75, 3.05) is 12.9 Å². The van der Waals surface area contributed by atoms with Crippen molar-refractivity contribution < 1.29 is 17.7 Å². The average Bonchev–Trinajstić information content (AvgIpc) is 1.84. The molecule has 0 aromatic rings. The topological polar surface area (TPSA) is 63.6 Å². The number of hydrogen-bond acceptors (Lipinski definition) is 4. The van der Waals surface area contributed by atoms with Gasteiger partial charge < -0.3 is 5.11 Å². The molecule has 0 aromatic heterocycles. The van der Waals surface area contributed by atoms with E-state index in [-0.39, 0.29) is 12.7 Å². The van der Waals surface area contributed by atoms with E-state index in [1.807, 2.05) is 6.92 Å². The van der Waals surface area contributed by atoms with Gasteiger partial charge in [-0.1, -0.05) is 6.92 Å². The zero-order valence-electron chi connectivity index (χ0n) is 6.78. The minimum absolute atomic E-state index is 0.0476. The largest absolute Gasteiger partial charge is 0.396 e. The van der Waals surface area contributed by atoms with Crippen molar-refractivity contribution in [1.82, 2.24) is 0 Å². The van der Waals surface area contributed by atoms with Gasteiger partial charge in [0.15, 0.2) is 0 Å². The fourth-order valence-electron chi connectivity index (χ4n) is 0.711. The predicted molar refractivity (Wildman–Crippen MR) is 41.7 cm³/mol. The van der Waals surface area contributed by atoms with Gasteiger partial charge in [-0.25, -0.2) is 0 Å². The van der Waals surface area contributed by atoms with Crippen molar-refractivity contribution in [1.29, 1.82) is 0 Å². The summed E-state index contributed by atoms with van der Waals surface area (Å²) >= 11 is 0. The van der Waals surface area contributed by atoms with Gasteiger partial charge in [0.05, 0.1) is 12.4 Å². The second-order valence-electron chi connectivity index (χ2n) is 2.34. The van der Waals surface area contributed by atoms with Gasteiger partial charge in [0.2, 0.25) is 0 Å². The standard InChI is InChI=1S/C6H14O4S/c1-3-6(4-5-7)10-11(2,8)9/h6-7H,3-5H2,1-2H3. The Morgan fingerprint density at radius 2 is 2.09 bits per heavy atom. The third-order valence-electron chi connectivity index (χ3n) is 1.22. The van der Waals surface area contributed by atoms with Gasteiger partial charge in [0, 0.05) is 6.61 Å². The van der Waals surface area contributed by atoms with Crippen LogP contribution in [-0.4, -0.2) is 32.5 Å². The first-order valence-corrected chi connectivity index (χ1v) is 5.30. The van der Waals surface area contributed by atoms with E-state index in [9.17, 15) is 8.42 Å². The maximum absolute atomic E-state index is 10.6. The molecule has 0 aliphatic rings. The Labute approximate surface area is 67.3 Å². The molecule has 0 saturated carbocycles. The van der Waals surface area contributed by atoms with Gasteiger partial charge in [-0.15, -0.1) is 0 Å².